The molecule has 98 valence electrons. The number of rotatable bonds is 4. The lowest BCUT2D eigenvalue weighted by Crippen LogP contribution is -2.36. The fraction of sp³-hybridized carbons (Fsp3) is 0.312. The Balaban J connectivity index is 1.79. The van der Waals surface area contributed by atoms with Crippen LogP contribution in [0.5, 0.6) is 0 Å². The molecule has 1 fully saturated rings. The summed E-state index contributed by atoms with van der Waals surface area (Å²) in [4.78, 5) is 4.21. The fourth-order valence-electron chi connectivity index (χ4n) is 2.80. The van der Waals surface area contributed by atoms with Crippen molar-refractivity contribution in [2.75, 3.05) is 0 Å². The minimum Gasteiger partial charge on any atom is -0.327 e. The highest BCUT2D eigenvalue weighted by Gasteiger charge is 2.48. The summed E-state index contributed by atoms with van der Waals surface area (Å²) in [6.45, 7) is 0. The van der Waals surface area contributed by atoms with Gasteiger partial charge in [-0.2, -0.15) is 0 Å². The molecule has 1 heterocycles. The summed E-state index contributed by atoms with van der Waals surface area (Å²) in [5.74, 6) is 0. The van der Waals surface area contributed by atoms with Gasteiger partial charge in [0, 0.05) is 28.3 Å². The van der Waals surface area contributed by atoms with Crippen molar-refractivity contribution >= 4 is 15.9 Å². The Morgan fingerprint density at radius 2 is 1.95 bits per heavy atom. The third kappa shape index (κ3) is 2.58. The Morgan fingerprint density at radius 3 is 2.58 bits per heavy atom. The van der Waals surface area contributed by atoms with Gasteiger partial charge in [-0.1, -0.05) is 30.3 Å². The SMILES string of the molecule is NC(Cc1cncc(Br)c1)C1(c2ccccc2)CC1. The van der Waals surface area contributed by atoms with E-state index in [1.54, 1.807) is 6.20 Å². The number of benzene rings is 1. The van der Waals surface area contributed by atoms with Gasteiger partial charge in [-0.15, -0.1) is 0 Å². The van der Waals surface area contributed by atoms with Gasteiger partial charge in [0.05, 0.1) is 0 Å². The molecule has 0 aliphatic heterocycles. The van der Waals surface area contributed by atoms with Crippen LogP contribution in [0, 0.1) is 0 Å². The number of hydrogen-bond donors (Lipinski definition) is 1. The monoisotopic (exact) mass is 316 g/mol. The van der Waals surface area contributed by atoms with E-state index in [9.17, 15) is 0 Å². The first kappa shape index (κ1) is 12.8. The molecule has 1 aromatic carbocycles. The average molecular weight is 317 g/mol. The highest BCUT2D eigenvalue weighted by Crippen LogP contribution is 2.50. The van der Waals surface area contributed by atoms with Crippen LogP contribution in [-0.2, 0) is 11.8 Å². The molecule has 2 aromatic rings. The predicted octanol–water partition coefficient (Wildman–Crippen LogP) is 3.45. The molecular weight excluding hydrogens is 300 g/mol. The molecule has 1 aliphatic carbocycles. The second kappa shape index (κ2) is 5.06. The summed E-state index contributed by atoms with van der Waals surface area (Å²) < 4.78 is 1.02. The zero-order valence-electron chi connectivity index (χ0n) is 10.7. The molecule has 2 nitrogen and oxygen atoms in total. The van der Waals surface area contributed by atoms with Crippen LogP contribution in [0.4, 0.5) is 0 Å². The van der Waals surface area contributed by atoms with Gasteiger partial charge in [0.2, 0.25) is 0 Å². The lowest BCUT2D eigenvalue weighted by molar-refractivity contribution is 0.513. The molecule has 1 aromatic heterocycles. The molecule has 1 aliphatic rings. The van der Waals surface area contributed by atoms with Crippen molar-refractivity contribution in [1.82, 2.24) is 4.98 Å². The minimum absolute atomic E-state index is 0.158. The number of nitrogens with two attached hydrogens (primary N) is 1. The molecule has 0 bridgehead atoms. The molecule has 3 heteroatoms. The molecular formula is C16H17BrN2. The number of nitrogens with zero attached hydrogens (tertiary/aromatic N) is 1. The molecule has 0 radical (unpaired) electrons. The highest BCUT2D eigenvalue weighted by molar-refractivity contribution is 9.10. The normalized spacial score (nSPS) is 18.0. The molecule has 3 rings (SSSR count). The lowest BCUT2D eigenvalue weighted by Gasteiger charge is -2.24. The topological polar surface area (TPSA) is 38.9 Å². The van der Waals surface area contributed by atoms with E-state index in [4.69, 9.17) is 5.73 Å². The summed E-state index contributed by atoms with van der Waals surface area (Å²) in [6, 6.07) is 12.9. The maximum Gasteiger partial charge on any atom is 0.0410 e. The summed E-state index contributed by atoms with van der Waals surface area (Å²) in [5.41, 5.74) is 9.25. The van der Waals surface area contributed by atoms with E-state index in [0.717, 1.165) is 10.9 Å². The van der Waals surface area contributed by atoms with Crippen molar-refractivity contribution in [3.05, 3.63) is 64.4 Å². The third-order valence-corrected chi connectivity index (χ3v) is 4.50. The van der Waals surface area contributed by atoms with Gasteiger partial charge in [0.1, 0.15) is 0 Å². The van der Waals surface area contributed by atoms with E-state index >= 15 is 0 Å². The average Bonchev–Trinajstić information content (AvgIpc) is 3.21. The largest absolute Gasteiger partial charge is 0.327 e. The highest BCUT2D eigenvalue weighted by atomic mass is 79.9. The van der Waals surface area contributed by atoms with Crippen LogP contribution in [-0.4, -0.2) is 11.0 Å². The van der Waals surface area contributed by atoms with Crippen LogP contribution < -0.4 is 5.73 Å². The van der Waals surface area contributed by atoms with Gasteiger partial charge in [-0.3, -0.25) is 4.98 Å². The number of hydrogen-bond acceptors (Lipinski definition) is 2. The molecule has 0 spiro atoms. The smallest absolute Gasteiger partial charge is 0.0410 e. The number of aromatic nitrogens is 1. The van der Waals surface area contributed by atoms with Gasteiger partial charge in [0.25, 0.3) is 0 Å². The zero-order valence-corrected chi connectivity index (χ0v) is 12.3. The lowest BCUT2D eigenvalue weighted by atomic mass is 9.85. The van der Waals surface area contributed by atoms with E-state index in [1.165, 1.54) is 24.0 Å². The Hall–Kier alpha value is -1.19. The van der Waals surface area contributed by atoms with Crippen LogP contribution in [0.3, 0.4) is 0 Å². The molecule has 1 saturated carbocycles. The molecule has 19 heavy (non-hydrogen) atoms. The standard InChI is InChI=1S/C16H17BrN2/c17-14-8-12(10-19-11-14)9-15(18)16(6-7-16)13-4-2-1-3-5-13/h1-5,8,10-11,15H,6-7,9,18H2. The maximum absolute atomic E-state index is 6.49. The van der Waals surface area contributed by atoms with Crippen molar-refractivity contribution < 1.29 is 0 Å². The van der Waals surface area contributed by atoms with Crippen molar-refractivity contribution in [2.45, 2.75) is 30.7 Å². The van der Waals surface area contributed by atoms with E-state index in [2.05, 4.69) is 57.3 Å². The van der Waals surface area contributed by atoms with Crippen LogP contribution >= 0.6 is 15.9 Å². The summed E-state index contributed by atoms with van der Waals surface area (Å²) in [7, 11) is 0. The number of pyridine rings is 1. The number of halogens is 1. The molecule has 0 amide bonds. The van der Waals surface area contributed by atoms with Crippen LogP contribution in [0.15, 0.2) is 53.3 Å². The minimum atomic E-state index is 0.158. The van der Waals surface area contributed by atoms with Gasteiger partial charge >= 0.3 is 0 Å². The van der Waals surface area contributed by atoms with Crippen LogP contribution in [0.2, 0.25) is 0 Å². The van der Waals surface area contributed by atoms with Crippen molar-refractivity contribution in [3.8, 4) is 0 Å². The molecule has 0 saturated heterocycles. The Labute approximate surface area is 122 Å². The quantitative estimate of drug-likeness (QED) is 0.938. The van der Waals surface area contributed by atoms with Gasteiger partial charge in [-0.05, 0) is 52.4 Å². The Kier molecular flexibility index (Phi) is 3.42. The second-order valence-corrected chi connectivity index (χ2v) is 6.26. The molecule has 1 atom stereocenters. The third-order valence-electron chi connectivity index (χ3n) is 4.06. The Morgan fingerprint density at radius 1 is 1.21 bits per heavy atom. The maximum atomic E-state index is 6.49. The first-order valence-corrected chi connectivity index (χ1v) is 7.40. The van der Waals surface area contributed by atoms with E-state index in [0.29, 0.717) is 0 Å². The zero-order chi connectivity index (χ0) is 13.3. The van der Waals surface area contributed by atoms with Gasteiger partial charge in [0.15, 0.2) is 0 Å². The van der Waals surface area contributed by atoms with Crippen molar-refractivity contribution in [3.63, 3.8) is 0 Å². The fourth-order valence-corrected chi connectivity index (χ4v) is 3.21. The van der Waals surface area contributed by atoms with Crippen LogP contribution in [0.1, 0.15) is 24.0 Å². The van der Waals surface area contributed by atoms with Gasteiger partial charge < -0.3 is 5.73 Å². The first-order valence-electron chi connectivity index (χ1n) is 6.61. The summed E-state index contributed by atoms with van der Waals surface area (Å²) >= 11 is 3.46. The summed E-state index contributed by atoms with van der Waals surface area (Å²) in [6.07, 6.45) is 6.98. The van der Waals surface area contributed by atoms with E-state index in [-0.39, 0.29) is 11.5 Å². The van der Waals surface area contributed by atoms with Gasteiger partial charge in [-0.25, -0.2) is 0 Å². The molecule has 1 unspecified atom stereocenters. The predicted molar refractivity (Wildman–Crippen MR) is 81.0 cm³/mol. The molecule has 2 N–H and O–H groups in total. The van der Waals surface area contributed by atoms with E-state index < -0.39 is 0 Å². The van der Waals surface area contributed by atoms with Crippen molar-refractivity contribution in [2.24, 2.45) is 5.73 Å². The van der Waals surface area contributed by atoms with Crippen LogP contribution in [0.25, 0.3) is 0 Å². The second-order valence-electron chi connectivity index (χ2n) is 5.34. The first-order chi connectivity index (χ1) is 9.21. The Bertz CT molecular complexity index is 564. The summed E-state index contributed by atoms with van der Waals surface area (Å²) in [5, 5.41) is 0. The van der Waals surface area contributed by atoms with Crippen molar-refractivity contribution in [1.29, 1.82) is 0 Å². The van der Waals surface area contributed by atoms with E-state index in [1.807, 2.05) is 6.20 Å².